The minimum atomic E-state index is -4.98. The number of piperidine rings is 1. The highest BCUT2D eigenvalue weighted by Gasteiger charge is 2.38. The minimum absolute atomic E-state index is 0.0877. The van der Waals surface area contributed by atoms with Crippen LogP contribution in [0.15, 0.2) is 73.1 Å². The number of aromatic nitrogens is 2. The summed E-state index contributed by atoms with van der Waals surface area (Å²) < 4.78 is 54.2. The lowest BCUT2D eigenvalue weighted by atomic mass is 9.88. The van der Waals surface area contributed by atoms with Gasteiger partial charge in [0.15, 0.2) is 0 Å². The highest BCUT2D eigenvalue weighted by molar-refractivity contribution is 6.07. The number of rotatable bonds is 7. The molecular formula is C30H28F4N4O2. The van der Waals surface area contributed by atoms with E-state index < -0.39 is 17.9 Å². The molecule has 0 unspecified atom stereocenters. The summed E-state index contributed by atoms with van der Waals surface area (Å²) in [5.41, 5.74) is 3.31. The first-order valence-corrected chi connectivity index (χ1v) is 13.1. The zero-order valence-electron chi connectivity index (χ0n) is 21.6. The Balaban J connectivity index is 1.26. The van der Waals surface area contributed by atoms with Crippen LogP contribution in [-0.2, 0) is 24.3 Å². The van der Waals surface area contributed by atoms with E-state index in [4.69, 9.17) is 0 Å². The number of hydrogen-bond donors (Lipinski definition) is 1. The van der Waals surface area contributed by atoms with Crippen LogP contribution in [0.4, 0.5) is 17.6 Å². The normalized spacial score (nSPS) is 14.4. The molecule has 0 radical (unpaired) electrons. The smallest absolute Gasteiger partial charge is 0.346 e. The molecule has 10 heteroatoms. The fourth-order valence-corrected chi connectivity index (χ4v) is 5.25. The molecule has 1 fully saturated rings. The molecule has 0 atom stereocenters. The standard InChI is InChI=1S/C30H28F4N4O2/c31-26-9-8-20(18-36-29(40)30(32,33)34)17-24(26)21-10-14-37(15-11-21)28(39)25-19-38(27-7-2-1-6-23(25)27)16-12-22-5-3-4-13-35-22/h1-9,13,17,19,21H,10-12,14-16,18H2,(H,36,40). The third kappa shape index (κ3) is 6.00. The Morgan fingerprint density at radius 1 is 1.00 bits per heavy atom. The Bertz CT molecular complexity index is 1510. The molecule has 0 saturated carbocycles. The predicted octanol–water partition coefficient (Wildman–Crippen LogP) is 5.62. The summed E-state index contributed by atoms with van der Waals surface area (Å²) in [4.78, 5) is 30.9. The molecule has 1 aliphatic rings. The average molecular weight is 553 g/mol. The molecule has 0 bridgehead atoms. The van der Waals surface area contributed by atoms with Crippen molar-refractivity contribution < 1.29 is 27.2 Å². The number of nitrogens with one attached hydrogen (secondary N) is 1. The van der Waals surface area contributed by atoms with Gasteiger partial charge in [-0.25, -0.2) is 4.39 Å². The van der Waals surface area contributed by atoms with Crippen LogP contribution in [0.2, 0.25) is 0 Å². The minimum Gasteiger partial charge on any atom is -0.346 e. The highest BCUT2D eigenvalue weighted by Crippen LogP contribution is 2.32. The van der Waals surface area contributed by atoms with E-state index in [1.807, 2.05) is 54.0 Å². The molecule has 1 aliphatic heterocycles. The lowest BCUT2D eigenvalue weighted by Crippen LogP contribution is -2.38. The second-order valence-electron chi connectivity index (χ2n) is 9.93. The predicted molar refractivity (Wildman–Crippen MR) is 142 cm³/mol. The zero-order valence-corrected chi connectivity index (χ0v) is 21.6. The fourth-order valence-electron chi connectivity index (χ4n) is 5.25. The molecule has 2 amide bonds. The lowest BCUT2D eigenvalue weighted by Gasteiger charge is -2.32. The zero-order chi connectivity index (χ0) is 28.3. The number of hydrogen-bond acceptors (Lipinski definition) is 3. The van der Waals surface area contributed by atoms with Gasteiger partial charge < -0.3 is 14.8 Å². The van der Waals surface area contributed by atoms with Crippen LogP contribution < -0.4 is 5.32 Å². The van der Waals surface area contributed by atoms with E-state index in [1.54, 1.807) is 11.1 Å². The summed E-state index contributed by atoms with van der Waals surface area (Å²) in [7, 11) is 0. The molecule has 5 rings (SSSR count). The highest BCUT2D eigenvalue weighted by atomic mass is 19.4. The third-order valence-electron chi connectivity index (χ3n) is 7.35. The molecule has 40 heavy (non-hydrogen) atoms. The number of pyridine rings is 1. The number of carbonyl (C=O) groups is 2. The third-order valence-corrected chi connectivity index (χ3v) is 7.35. The van der Waals surface area contributed by atoms with Gasteiger partial charge in [-0.05, 0) is 54.2 Å². The first kappa shape index (κ1) is 27.4. The van der Waals surface area contributed by atoms with E-state index in [1.165, 1.54) is 18.2 Å². The van der Waals surface area contributed by atoms with Crippen molar-refractivity contribution in [1.82, 2.24) is 19.8 Å². The van der Waals surface area contributed by atoms with Crippen molar-refractivity contribution in [3.63, 3.8) is 0 Å². The summed E-state index contributed by atoms with van der Waals surface area (Å²) in [6, 6.07) is 17.6. The van der Waals surface area contributed by atoms with Crippen LogP contribution >= 0.6 is 0 Å². The van der Waals surface area contributed by atoms with Gasteiger partial charge in [0.25, 0.3) is 5.91 Å². The number of para-hydroxylation sites is 1. The van der Waals surface area contributed by atoms with Gasteiger partial charge in [-0.15, -0.1) is 0 Å². The van der Waals surface area contributed by atoms with Gasteiger partial charge in [0.2, 0.25) is 0 Å². The summed E-state index contributed by atoms with van der Waals surface area (Å²) >= 11 is 0. The quantitative estimate of drug-likeness (QED) is 0.303. The molecule has 1 N–H and O–H groups in total. The van der Waals surface area contributed by atoms with Gasteiger partial charge in [0.1, 0.15) is 5.82 Å². The fraction of sp³-hybridized carbons (Fsp3) is 0.300. The van der Waals surface area contributed by atoms with E-state index in [0.717, 1.165) is 23.0 Å². The number of benzene rings is 2. The van der Waals surface area contributed by atoms with Gasteiger partial charge in [0, 0.05) is 61.6 Å². The monoisotopic (exact) mass is 552 g/mol. The maximum absolute atomic E-state index is 14.7. The number of amides is 2. The average Bonchev–Trinajstić information content (AvgIpc) is 3.34. The van der Waals surface area contributed by atoms with Gasteiger partial charge in [0.05, 0.1) is 5.56 Å². The Morgan fingerprint density at radius 3 is 2.48 bits per heavy atom. The van der Waals surface area contributed by atoms with Crippen molar-refractivity contribution in [3.05, 3.63) is 101 Å². The van der Waals surface area contributed by atoms with Crippen molar-refractivity contribution in [2.24, 2.45) is 0 Å². The number of halogens is 4. The first-order chi connectivity index (χ1) is 19.2. The van der Waals surface area contributed by atoms with Crippen LogP contribution in [0.3, 0.4) is 0 Å². The summed E-state index contributed by atoms with van der Waals surface area (Å²) in [6.45, 7) is 1.16. The molecule has 2 aromatic carbocycles. The lowest BCUT2D eigenvalue weighted by molar-refractivity contribution is -0.173. The largest absolute Gasteiger partial charge is 0.471 e. The number of fused-ring (bicyclic) bond motifs is 1. The summed E-state index contributed by atoms with van der Waals surface area (Å²) in [6.07, 6.45) is 0.422. The van der Waals surface area contributed by atoms with Gasteiger partial charge >= 0.3 is 12.1 Å². The van der Waals surface area contributed by atoms with Crippen molar-refractivity contribution in [1.29, 1.82) is 0 Å². The van der Waals surface area contributed by atoms with E-state index in [-0.39, 0.29) is 18.4 Å². The maximum Gasteiger partial charge on any atom is 0.471 e. The SMILES string of the molecule is O=C(c1cn(CCc2ccccn2)c2ccccc12)N1CCC(c2cc(CNC(=O)C(F)(F)F)ccc2F)CC1. The summed E-state index contributed by atoms with van der Waals surface area (Å²) in [5, 5.41) is 2.69. The number of alkyl halides is 3. The molecule has 4 aromatic rings. The van der Waals surface area contributed by atoms with Gasteiger partial charge in [-0.3, -0.25) is 14.6 Å². The number of aryl methyl sites for hydroxylation is 2. The molecular weight excluding hydrogens is 524 g/mol. The Hall–Kier alpha value is -4.21. The second kappa shape index (κ2) is 11.5. The van der Waals surface area contributed by atoms with E-state index in [0.29, 0.717) is 49.2 Å². The van der Waals surface area contributed by atoms with Crippen molar-refractivity contribution in [3.8, 4) is 0 Å². The summed E-state index contributed by atoms with van der Waals surface area (Å²) in [5.74, 6) is -2.77. The maximum atomic E-state index is 14.7. The van der Waals surface area contributed by atoms with Crippen LogP contribution in [0, 0.1) is 5.82 Å². The molecule has 3 heterocycles. The van der Waals surface area contributed by atoms with Gasteiger partial charge in [-0.2, -0.15) is 13.2 Å². The number of nitrogens with zero attached hydrogens (tertiary/aromatic N) is 3. The van der Waals surface area contributed by atoms with Crippen molar-refractivity contribution >= 4 is 22.7 Å². The topological polar surface area (TPSA) is 67.2 Å². The molecule has 6 nitrogen and oxygen atoms in total. The van der Waals surface area contributed by atoms with Crippen LogP contribution in [0.1, 0.15) is 45.9 Å². The van der Waals surface area contributed by atoms with Gasteiger partial charge in [-0.1, -0.05) is 36.4 Å². The number of likely N-dealkylation sites (tertiary alicyclic amines) is 1. The first-order valence-electron chi connectivity index (χ1n) is 13.1. The van der Waals surface area contributed by atoms with E-state index in [2.05, 4.69) is 9.55 Å². The molecule has 1 saturated heterocycles. The van der Waals surface area contributed by atoms with E-state index in [9.17, 15) is 27.2 Å². The Labute approximate surface area is 228 Å². The molecule has 0 spiro atoms. The van der Waals surface area contributed by atoms with Crippen LogP contribution in [0.5, 0.6) is 0 Å². The Kier molecular flexibility index (Phi) is 7.86. The molecule has 208 valence electrons. The van der Waals surface area contributed by atoms with Crippen molar-refractivity contribution in [2.45, 2.75) is 44.4 Å². The van der Waals surface area contributed by atoms with Crippen LogP contribution in [0.25, 0.3) is 10.9 Å². The van der Waals surface area contributed by atoms with E-state index >= 15 is 0 Å². The van der Waals surface area contributed by atoms with Crippen molar-refractivity contribution in [2.75, 3.05) is 13.1 Å². The van der Waals surface area contributed by atoms with Crippen LogP contribution in [-0.4, -0.2) is 45.5 Å². The molecule has 2 aromatic heterocycles. The second-order valence-corrected chi connectivity index (χ2v) is 9.93. The molecule has 0 aliphatic carbocycles. The Morgan fingerprint density at radius 2 is 1.75 bits per heavy atom. The number of carbonyl (C=O) groups excluding carboxylic acids is 2.